The number of carboxylic acid groups (broad SMARTS) is 1. The summed E-state index contributed by atoms with van der Waals surface area (Å²) in [7, 11) is 0. The highest BCUT2D eigenvalue weighted by molar-refractivity contribution is 6.34. The number of ether oxygens (including phenoxy) is 1. The average molecular weight is 442 g/mol. The molecule has 0 spiro atoms. The van der Waals surface area contributed by atoms with Gasteiger partial charge in [0.05, 0.1) is 28.4 Å². The number of carboxylic acids is 1. The molecule has 3 aromatic carbocycles. The van der Waals surface area contributed by atoms with Crippen LogP contribution < -0.4 is 10.1 Å². The van der Waals surface area contributed by atoms with Crippen LogP contribution in [0.3, 0.4) is 0 Å². The van der Waals surface area contributed by atoms with Crippen molar-refractivity contribution in [1.82, 2.24) is 0 Å². The molecule has 5 nitrogen and oxygen atoms in total. The van der Waals surface area contributed by atoms with Gasteiger partial charge in [-0.1, -0.05) is 49.2 Å². The number of anilines is 1. The minimum Gasteiger partial charge on any atom is -0.494 e. The number of rotatable bonds is 8. The molecular formula is C24H21ClFNO4. The van der Waals surface area contributed by atoms with E-state index in [0.29, 0.717) is 23.5 Å². The summed E-state index contributed by atoms with van der Waals surface area (Å²) in [6.07, 6.45) is 1.95. The Morgan fingerprint density at radius 1 is 1.03 bits per heavy atom. The van der Waals surface area contributed by atoms with Gasteiger partial charge in [0.15, 0.2) is 0 Å². The van der Waals surface area contributed by atoms with Gasteiger partial charge in [-0.05, 0) is 53.9 Å². The molecule has 2 N–H and O–H groups in total. The minimum absolute atomic E-state index is 0.00606. The topological polar surface area (TPSA) is 75.6 Å². The largest absolute Gasteiger partial charge is 0.494 e. The molecule has 160 valence electrons. The van der Waals surface area contributed by atoms with Gasteiger partial charge in [0.2, 0.25) is 0 Å². The Labute approximate surface area is 184 Å². The molecule has 0 atom stereocenters. The molecule has 0 saturated heterocycles. The van der Waals surface area contributed by atoms with Crippen LogP contribution in [0.25, 0.3) is 11.1 Å². The number of halogens is 2. The predicted octanol–water partition coefficient (Wildman–Crippen LogP) is 6.28. The summed E-state index contributed by atoms with van der Waals surface area (Å²) in [5, 5.41) is 11.6. The van der Waals surface area contributed by atoms with Gasteiger partial charge < -0.3 is 15.2 Å². The van der Waals surface area contributed by atoms with Crippen LogP contribution in [-0.2, 0) is 0 Å². The van der Waals surface area contributed by atoms with Crippen molar-refractivity contribution in [1.29, 1.82) is 0 Å². The number of carbonyl (C=O) groups is 2. The molecule has 0 aromatic heterocycles. The second-order valence-electron chi connectivity index (χ2n) is 6.85. The quantitative estimate of drug-likeness (QED) is 0.403. The summed E-state index contributed by atoms with van der Waals surface area (Å²) < 4.78 is 20.5. The van der Waals surface area contributed by atoms with Crippen LogP contribution in [0.15, 0.2) is 60.7 Å². The molecule has 0 radical (unpaired) electrons. The molecule has 7 heteroatoms. The Balaban J connectivity index is 1.86. The number of hydrogen-bond donors (Lipinski definition) is 2. The molecule has 1 amide bonds. The maximum atomic E-state index is 14.8. The fraction of sp³-hybridized carbons (Fsp3) is 0.167. The van der Waals surface area contributed by atoms with Crippen molar-refractivity contribution in [3.05, 3.63) is 82.6 Å². The second-order valence-corrected chi connectivity index (χ2v) is 7.26. The molecule has 0 aliphatic rings. The van der Waals surface area contributed by atoms with E-state index in [-0.39, 0.29) is 21.8 Å². The lowest BCUT2D eigenvalue weighted by Gasteiger charge is -2.13. The molecule has 0 unspecified atom stereocenters. The number of aromatic carboxylic acids is 1. The highest BCUT2D eigenvalue weighted by Gasteiger charge is 2.19. The van der Waals surface area contributed by atoms with Gasteiger partial charge in [0.25, 0.3) is 5.91 Å². The highest BCUT2D eigenvalue weighted by atomic mass is 35.5. The fourth-order valence-electron chi connectivity index (χ4n) is 3.01. The lowest BCUT2D eigenvalue weighted by atomic mass is 10.0. The van der Waals surface area contributed by atoms with Crippen molar-refractivity contribution in [2.75, 3.05) is 11.9 Å². The Hall–Kier alpha value is -3.38. The zero-order valence-electron chi connectivity index (χ0n) is 16.8. The molecule has 0 fully saturated rings. The Morgan fingerprint density at radius 3 is 2.45 bits per heavy atom. The van der Waals surface area contributed by atoms with E-state index in [2.05, 4.69) is 12.2 Å². The van der Waals surface area contributed by atoms with E-state index in [1.807, 2.05) is 6.07 Å². The molecule has 3 rings (SSSR count). The minimum atomic E-state index is -1.26. The molecule has 0 aliphatic heterocycles. The predicted molar refractivity (Wildman–Crippen MR) is 119 cm³/mol. The summed E-state index contributed by atoms with van der Waals surface area (Å²) in [5.41, 5.74) is 0.738. The van der Waals surface area contributed by atoms with Crippen LogP contribution in [0.5, 0.6) is 5.75 Å². The summed E-state index contributed by atoms with van der Waals surface area (Å²) in [4.78, 5) is 23.9. The number of nitrogens with one attached hydrogen (secondary N) is 1. The summed E-state index contributed by atoms with van der Waals surface area (Å²) in [6.45, 7) is 2.67. The van der Waals surface area contributed by atoms with Crippen molar-refractivity contribution < 1.29 is 23.8 Å². The van der Waals surface area contributed by atoms with Crippen LogP contribution >= 0.6 is 11.6 Å². The first kappa shape index (κ1) is 22.3. The summed E-state index contributed by atoms with van der Waals surface area (Å²) in [5.74, 6) is -2.09. The average Bonchev–Trinajstić information content (AvgIpc) is 2.76. The molecule has 0 heterocycles. The SMILES string of the molecule is CCCCOc1cccc(-c2cc(F)c(NC(=O)c3ccccc3C(=O)O)c(Cl)c2)c1. The molecule has 0 saturated carbocycles. The van der Waals surface area contributed by atoms with Crippen LogP contribution in [0.1, 0.15) is 40.5 Å². The molecule has 0 aliphatic carbocycles. The normalized spacial score (nSPS) is 10.5. The Kier molecular flexibility index (Phi) is 7.26. The van der Waals surface area contributed by atoms with E-state index in [4.69, 9.17) is 16.3 Å². The Morgan fingerprint density at radius 2 is 1.77 bits per heavy atom. The lowest BCUT2D eigenvalue weighted by molar-refractivity contribution is 0.0692. The van der Waals surface area contributed by atoms with Gasteiger partial charge in [-0.15, -0.1) is 0 Å². The van der Waals surface area contributed by atoms with Gasteiger partial charge in [-0.3, -0.25) is 4.79 Å². The monoisotopic (exact) mass is 441 g/mol. The van der Waals surface area contributed by atoms with Crippen molar-refractivity contribution in [3.8, 4) is 16.9 Å². The number of hydrogen-bond acceptors (Lipinski definition) is 3. The third kappa shape index (κ3) is 5.41. The number of carbonyl (C=O) groups excluding carboxylic acids is 1. The number of unbranched alkanes of at least 4 members (excludes halogenated alkanes) is 1. The molecule has 0 bridgehead atoms. The van der Waals surface area contributed by atoms with Crippen molar-refractivity contribution in [3.63, 3.8) is 0 Å². The Bertz CT molecular complexity index is 1090. The third-order valence-corrected chi connectivity index (χ3v) is 4.91. The van der Waals surface area contributed by atoms with Crippen molar-refractivity contribution in [2.24, 2.45) is 0 Å². The van der Waals surface area contributed by atoms with E-state index in [0.717, 1.165) is 12.8 Å². The molecule has 3 aromatic rings. The van der Waals surface area contributed by atoms with Crippen molar-refractivity contribution >= 4 is 29.2 Å². The third-order valence-electron chi connectivity index (χ3n) is 4.62. The molecular weight excluding hydrogens is 421 g/mol. The zero-order chi connectivity index (χ0) is 22.4. The van der Waals surface area contributed by atoms with Gasteiger partial charge >= 0.3 is 5.97 Å². The second kappa shape index (κ2) is 10.1. The maximum Gasteiger partial charge on any atom is 0.336 e. The fourth-order valence-corrected chi connectivity index (χ4v) is 3.26. The summed E-state index contributed by atoms with van der Waals surface area (Å²) >= 11 is 6.26. The van der Waals surface area contributed by atoms with E-state index in [1.165, 1.54) is 36.4 Å². The van der Waals surface area contributed by atoms with E-state index < -0.39 is 17.7 Å². The first-order chi connectivity index (χ1) is 14.9. The maximum absolute atomic E-state index is 14.8. The first-order valence-electron chi connectivity index (χ1n) is 9.76. The summed E-state index contributed by atoms with van der Waals surface area (Å²) in [6, 6.07) is 15.7. The number of amides is 1. The van der Waals surface area contributed by atoms with Crippen molar-refractivity contribution in [2.45, 2.75) is 19.8 Å². The lowest BCUT2D eigenvalue weighted by Crippen LogP contribution is -2.17. The van der Waals surface area contributed by atoms with Gasteiger partial charge in [-0.2, -0.15) is 0 Å². The zero-order valence-corrected chi connectivity index (χ0v) is 17.6. The van der Waals surface area contributed by atoms with E-state index in [1.54, 1.807) is 18.2 Å². The van der Waals surface area contributed by atoms with Crippen LogP contribution in [0.4, 0.5) is 10.1 Å². The van der Waals surface area contributed by atoms with Gasteiger partial charge in [0, 0.05) is 0 Å². The van der Waals surface area contributed by atoms with E-state index in [9.17, 15) is 19.1 Å². The van der Waals surface area contributed by atoms with Crippen LogP contribution in [-0.4, -0.2) is 23.6 Å². The molecule has 31 heavy (non-hydrogen) atoms. The highest BCUT2D eigenvalue weighted by Crippen LogP contribution is 2.33. The smallest absolute Gasteiger partial charge is 0.336 e. The first-order valence-corrected chi connectivity index (χ1v) is 10.1. The number of benzene rings is 3. The van der Waals surface area contributed by atoms with Crippen LogP contribution in [0, 0.1) is 5.82 Å². The van der Waals surface area contributed by atoms with E-state index >= 15 is 0 Å². The van der Waals surface area contributed by atoms with Gasteiger partial charge in [0.1, 0.15) is 11.6 Å². The van der Waals surface area contributed by atoms with Gasteiger partial charge in [-0.25, -0.2) is 9.18 Å². The standard InChI is InChI=1S/C24H21ClFNO4/c1-2-3-11-31-17-8-6-7-15(12-17)16-13-20(25)22(21(26)14-16)27-23(28)18-9-4-5-10-19(18)24(29)30/h4-10,12-14H,2-3,11H2,1H3,(H,27,28)(H,29,30). The van der Waals surface area contributed by atoms with Crippen LogP contribution in [0.2, 0.25) is 5.02 Å².